The molecule has 0 N–H and O–H groups in total. The lowest BCUT2D eigenvalue weighted by molar-refractivity contribution is -0.908. The van der Waals surface area contributed by atoms with Crippen LogP contribution in [0.15, 0.2) is 0 Å². The molecule has 4 nitrogen and oxygen atoms in total. The largest absolute Gasteiger partial charge is 0.633 e. The van der Waals surface area contributed by atoms with Crippen LogP contribution in [-0.4, -0.2) is 43.2 Å². The molecule has 16 heavy (non-hydrogen) atoms. The average Bonchev–Trinajstić information content (AvgIpc) is 2.24. The minimum absolute atomic E-state index is 0.126. The van der Waals surface area contributed by atoms with Crippen LogP contribution in [-0.2, 0) is 9.84 Å². The van der Waals surface area contributed by atoms with Crippen molar-refractivity contribution < 1.29 is 13.1 Å². The molecule has 0 unspecified atom stereocenters. The van der Waals surface area contributed by atoms with Crippen LogP contribution in [0.3, 0.4) is 0 Å². The Morgan fingerprint density at radius 2 is 1.88 bits per heavy atom. The van der Waals surface area contributed by atoms with Gasteiger partial charge in [0, 0.05) is 0 Å². The second-order valence-electron chi connectivity index (χ2n) is 5.18. The van der Waals surface area contributed by atoms with Gasteiger partial charge in [-0.25, -0.2) is 8.42 Å². The summed E-state index contributed by atoms with van der Waals surface area (Å²) >= 11 is 0. The van der Waals surface area contributed by atoms with E-state index in [1.165, 1.54) is 0 Å². The first-order valence-corrected chi connectivity index (χ1v) is 8.00. The minimum Gasteiger partial charge on any atom is -0.633 e. The first kappa shape index (κ1) is 12.3. The van der Waals surface area contributed by atoms with Gasteiger partial charge in [0.05, 0.1) is 13.1 Å². The molecule has 5 heteroatoms. The normalized spacial score (nSPS) is 36.6. The number of rotatable bonds is 3. The highest BCUT2D eigenvalue weighted by Crippen LogP contribution is 2.36. The van der Waals surface area contributed by atoms with Crippen molar-refractivity contribution in [1.82, 2.24) is 0 Å². The highest BCUT2D eigenvalue weighted by molar-refractivity contribution is 7.93. The fourth-order valence-electron chi connectivity index (χ4n) is 3.06. The number of sulfone groups is 1. The molecule has 0 amide bonds. The van der Waals surface area contributed by atoms with Crippen molar-refractivity contribution in [2.24, 2.45) is 0 Å². The third kappa shape index (κ3) is 2.00. The van der Waals surface area contributed by atoms with Gasteiger partial charge in [0.1, 0.15) is 17.0 Å². The van der Waals surface area contributed by atoms with Gasteiger partial charge in [-0.1, -0.05) is 13.3 Å². The summed E-state index contributed by atoms with van der Waals surface area (Å²) in [5.74, 6) is 0.126. The van der Waals surface area contributed by atoms with E-state index in [4.69, 9.17) is 0 Å². The second kappa shape index (κ2) is 4.27. The zero-order valence-corrected chi connectivity index (χ0v) is 10.7. The summed E-state index contributed by atoms with van der Waals surface area (Å²) in [6.07, 6.45) is 4.55. The van der Waals surface area contributed by atoms with Gasteiger partial charge in [0.15, 0.2) is 9.84 Å². The van der Waals surface area contributed by atoms with Crippen LogP contribution in [0.4, 0.5) is 0 Å². The van der Waals surface area contributed by atoms with E-state index in [1.807, 2.05) is 6.92 Å². The predicted molar refractivity (Wildman–Crippen MR) is 63.5 cm³/mol. The lowest BCUT2D eigenvalue weighted by Crippen LogP contribution is -2.68. The molecule has 0 aromatic heterocycles. The summed E-state index contributed by atoms with van der Waals surface area (Å²) in [7, 11) is -2.94. The van der Waals surface area contributed by atoms with E-state index in [0.717, 1.165) is 25.7 Å². The van der Waals surface area contributed by atoms with Gasteiger partial charge in [0.25, 0.3) is 0 Å². The molecule has 2 fully saturated rings. The van der Waals surface area contributed by atoms with E-state index >= 15 is 0 Å². The Hall–Kier alpha value is -0.130. The average molecular weight is 247 g/mol. The Bertz CT molecular complexity index is 346. The zero-order chi connectivity index (χ0) is 11.8. The van der Waals surface area contributed by atoms with Gasteiger partial charge in [-0.15, -0.1) is 0 Å². The van der Waals surface area contributed by atoms with Gasteiger partial charge in [0.2, 0.25) is 0 Å². The summed E-state index contributed by atoms with van der Waals surface area (Å²) in [4.78, 5) is 0. The van der Waals surface area contributed by atoms with Crippen molar-refractivity contribution in [3.8, 4) is 0 Å². The Morgan fingerprint density at radius 1 is 1.25 bits per heavy atom. The van der Waals surface area contributed by atoms with Crippen LogP contribution in [0, 0.1) is 5.21 Å². The SMILES string of the molecule is CCC[C@H]1[C@H]([N+]2([O-])CCCCC2)CS1(=O)=O. The lowest BCUT2D eigenvalue weighted by atomic mass is 10.0. The number of hydroxylamine groups is 3. The molecule has 2 aliphatic heterocycles. The molecular weight excluding hydrogens is 226 g/mol. The van der Waals surface area contributed by atoms with Gasteiger partial charge in [-0.05, 0) is 25.7 Å². The Labute approximate surface area is 97.7 Å². The van der Waals surface area contributed by atoms with E-state index in [9.17, 15) is 13.6 Å². The molecule has 2 rings (SSSR count). The first-order valence-electron chi connectivity index (χ1n) is 6.29. The van der Waals surface area contributed by atoms with E-state index in [0.29, 0.717) is 19.5 Å². The van der Waals surface area contributed by atoms with Crippen molar-refractivity contribution in [2.45, 2.75) is 50.3 Å². The molecule has 0 bridgehead atoms. The molecule has 0 aliphatic carbocycles. The highest BCUT2D eigenvalue weighted by Gasteiger charge is 2.53. The first-order chi connectivity index (χ1) is 7.49. The Morgan fingerprint density at radius 3 is 2.38 bits per heavy atom. The van der Waals surface area contributed by atoms with Crippen LogP contribution >= 0.6 is 0 Å². The van der Waals surface area contributed by atoms with Crippen LogP contribution in [0.25, 0.3) is 0 Å². The number of hydrogen-bond donors (Lipinski definition) is 0. The summed E-state index contributed by atoms with van der Waals surface area (Å²) < 4.78 is 23.1. The standard InChI is InChI=1S/C11H21NO3S/c1-2-6-11-10(9-16(11,14)15)12(13)7-4-3-5-8-12/h10-11H,2-9H2,1H3/t10-,11+/m1/s1. The number of hydrogen-bond acceptors (Lipinski definition) is 3. The molecule has 0 saturated carbocycles. The van der Waals surface area contributed by atoms with E-state index in [2.05, 4.69) is 0 Å². The van der Waals surface area contributed by atoms with E-state index in [1.54, 1.807) is 0 Å². The van der Waals surface area contributed by atoms with Gasteiger partial charge in [-0.2, -0.15) is 0 Å². The molecular formula is C11H21NO3S. The summed E-state index contributed by atoms with van der Waals surface area (Å²) in [5, 5.41) is 12.2. The summed E-state index contributed by atoms with van der Waals surface area (Å²) in [5.41, 5.74) is 0. The van der Waals surface area contributed by atoms with Gasteiger partial charge < -0.3 is 9.85 Å². The molecule has 2 aliphatic rings. The Kier molecular flexibility index (Phi) is 3.29. The maximum atomic E-state index is 12.6. The fraction of sp³-hybridized carbons (Fsp3) is 1.00. The maximum Gasteiger partial charge on any atom is 0.164 e. The molecule has 2 heterocycles. The molecule has 2 saturated heterocycles. The van der Waals surface area contributed by atoms with Crippen LogP contribution in [0.1, 0.15) is 39.0 Å². The summed E-state index contributed by atoms with van der Waals surface area (Å²) in [6, 6.07) is -0.162. The van der Waals surface area contributed by atoms with Crippen molar-refractivity contribution >= 4 is 9.84 Å². The fourth-order valence-corrected chi connectivity index (χ4v) is 5.32. The lowest BCUT2D eigenvalue weighted by Gasteiger charge is -2.56. The molecule has 94 valence electrons. The maximum absolute atomic E-state index is 12.6. The van der Waals surface area contributed by atoms with Crippen LogP contribution in [0.2, 0.25) is 0 Å². The van der Waals surface area contributed by atoms with Gasteiger partial charge in [-0.3, -0.25) is 0 Å². The highest BCUT2D eigenvalue weighted by atomic mass is 32.2. The Balaban J connectivity index is 2.10. The molecule has 0 radical (unpaired) electrons. The topological polar surface area (TPSA) is 57.2 Å². The van der Waals surface area contributed by atoms with E-state index < -0.39 is 9.84 Å². The van der Waals surface area contributed by atoms with Crippen molar-refractivity contribution in [3.63, 3.8) is 0 Å². The number of nitrogens with zero attached hydrogens (tertiary/aromatic N) is 1. The number of piperidine rings is 1. The smallest absolute Gasteiger partial charge is 0.164 e. The third-order valence-electron chi connectivity index (χ3n) is 4.04. The van der Waals surface area contributed by atoms with Crippen LogP contribution < -0.4 is 0 Å². The second-order valence-corrected chi connectivity index (χ2v) is 7.45. The molecule has 0 aromatic carbocycles. The van der Waals surface area contributed by atoms with Crippen molar-refractivity contribution in [1.29, 1.82) is 0 Å². The molecule has 0 aromatic rings. The van der Waals surface area contributed by atoms with Crippen molar-refractivity contribution in [3.05, 3.63) is 5.21 Å². The molecule has 0 spiro atoms. The zero-order valence-electron chi connectivity index (χ0n) is 9.89. The van der Waals surface area contributed by atoms with E-state index in [-0.39, 0.29) is 21.7 Å². The predicted octanol–water partition coefficient (Wildman–Crippen LogP) is 1.45. The minimum atomic E-state index is -2.94. The quantitative estimate of drug-likeness (QED) is 0.560. The monoisotopic (exact) mass is 247 g/mol. The number of quaternary nitrogens is 1. The summed E-state index contributed by atoms with van der Waals surface area (Å²) in [6.45, 7) is 3.23. The molecule has 2 atom stereocenters. The van der Waals surface area contributed by atoms with Crippen molar-refractivity contribution in [2.75, 3.05) is 18.8 Å². The number of likely N-dealkylation sites (tertiary alicyclic amines) is 1. The van der Waals surface area contributed by atoms with Gasteiger partial charge >= 0.3 is 0 Å². The van der Waals surface area contributed by atoms with Crippen LogP contribution in [0.5, 0.6) is 0 Å². The third-order valence-corrected chi connectivity index (χ3v) is 6.32.